The van der Waals surface area contributed by atoms with E-state index >= 15 is 0 Å². The van der Waals surface area contributed by atoms with Gasteiger partial charge in [0.2, 0.25) is 0 Å². The SMILES string of the molecule is O=c1c(C(F)(F)F)cn(C2CC(O)C(CO)O2)c(=O)n1Cc1ccccc1. The van der Waals surface area contributed by atoms with Gasteiger partial charge in [-0.15, -0.1) is 0 Å². The Morgan fingerprint density at radius 2 is 1.85 bits per heavy atom. The predicted molar refractivity (Wildman–Crippen MR) is 87.1 cm³/mol. The number of benzene rings is 1. The number of ether oxygens (including phenoxy) is 1. The number of halogens is 3. The fourth-order valence-electron chi connectivity index (χ4n) is 2.98. The second kappa shape index (κ2) is 7.29. The second-order valence-corrected chi connectivity index (χ2v) is 6.22. The molecule has 1 fully saturated rings. The molecule has 3 rings (SSSR count). The lowest BCUT2D eigenvalue weighted by atomic mass is 10.2. The van der Waals surface area contributed by atoms with E-state index < -0.39 is 48.0 Å². The van der Waals surface area contributed by atoms with E-state index in [0.717, 1.165) is 0 Å². The summed E-state index contributed by atoms with van der Waals surface area (Å²) in [6.07, 6.45) is -8.15. The van der Waals surface area contributed by atoms with Gasteiger partial charge in [0.05, 0.1) is 19.3 Å². The van der Waals surface area contributed by atoms with E-state index in [1.807, 2.05) is 0 Å². The zero-order valence-corrected chi connectivity index (χ0v) is 14.0. The first-order valence-electron chi connectivity index (χ1n) is 8.14. The first kappa shape index (κ1) is 19.3. The summed E-state index contributed by atoms with van der Waals surface area (Å²) < 4.78 is 46.4. The number of aliphatic hydroxyl groups excluding tert-OH is 2. The van der Waals surface area contributed by atoms with Crippen LogP contribution in [0.5, 0.6) is 0 Å². The van der Waals surface area contributed by atoms with Crippen LogP contribution < -0.4 is 11.2 Å². The molecule has 2 N–H and O–H groups in total. The summed E-state index contributed by atoms with van der Waals surface area (Å²) in [5.41, 5.74) is -3.48. The number of rotatable bonds is 4. The first-order chi connectivity index (χ1) is 12.7. The number of hydrogen-bond donors (Lipinski definition) is 2. The van der Waals surface area contributed by atoms with E-state index in [1.165, 1.54) is 0 Å². The Morgan fingerprint density at radius 3 is 2.41 bits per heavy atom. The van der Waals surface area contributed by atoms with Crippen LogP contribution in [0.1, 0.15) is 23.8 Å². The third-order valence-corrected chi connectivity index (χ3v) is 4.38. The van der Waals surface area contributed by atoms with Crippen molar-refractivity contribution in [1.82, 2.24) is 9.13 Å². The van der Waals surface area contributed by atoms with Crippen LogP contribution >= 0.6 is 0 Å². The Morgan fingerprint density at radius 1 is 1.19 bits per heavy atom. The molecule has 146 valence electrons. The van der Waals surface area contributed by atoms with Crippen LogP contribution in [0, 0.1) is 0 Å². The van der Waals surface area contributed by atoms with E-state index in [9.17, 15) is 27.9 Å². The minimum atomic E-state index is -4.97. The van der Waals surface area contributed by atoms with E-state index in [2.05, 4.69) is 0 Å². The maximum absolute atomic E-state index is 13.3. The molecule has 1 aliphatic rings. The Balaban J connectivity index is 2.13. The maximum Gasteiger partial charge on any atom is 0.423 e. The molecule has 0 radical (unpaired) electrons. The van der Waals surface area contributed by atoms with Crippen LogP contribution in [-0.2, 0) is 17.5 Å². The molecule has 0 spiro atoms. The minimum absolute atomic E-state index is 0.189. The molecule has 3 unspecified atom stereocenters. The van der Waals surface area contributed by atoms with Crippen molar-refractivity contribution in [3.8, 4) is 0 Å². The van der Waals surface area contributed by atoms with Gasteiger partial charge in [0.25, 0.3) is 5.56 Å². The molecule has 1 aromatic carbocycles. The van der Waals surface area contributed by atoms with Gasteiger partial charge >= 0.3 is 11.9 Å². The molecule has 1 aliphatic heterocycles. The molecule has 3 atom stereocenters. The molecule has 0 amide bonds. The normalized spacial score (nSPS) is 22.9. The lowest BCUT2D eigenvalue weighted by Gasteiger charge is -2.19. The second-order valence-electron chi connectivity index (χ2n) is 6.22. The summed E-state index contributed by atoms with van der Waals surface area (Å²) in [5.74, 6) is 0. The molecule has 27 heavy (non-hydrogen) atoms. The highest BCUT2D eigenvalue weighted by Gasteiger charge is 2.39. The van der Waals surface area contributed by atoms with Crippen LogP contribution in [0.15, 0.2) is 46.1 Å². The molecule has 10 heteroatoms. The van der Waals surface area contributed by atoms with Crippen molar-refractivity contribution in [2.75, 3.05) is 6.61 Å². The van der Waals surface area contributed by atoms with Crippen molar-refractivity contribution < 1.29 is 28.1 Å². The van der Waals surface area contributed by atoms with Crippen LogP contribution in [0.25, 0.3) is 0 Å². The minimum Gasteiger partial charge on any atom is -0.394 e. The van der Waals surface area contributed by atoms with Crippen molar-refractivity contribution in [3.63, 3.8) is 0 Å². The standard InChI is InChI=1S/C17H17F3N2O5/c18-17(19,20)11-8-21(14-6-12(24)13(9-23)27-14)16(26)22(15(11)25)7-10-4-2-1-3-5-10/h1-5,8,12-14,23-24H,6-7,9H2. The average Bonchev–Trinajstić information content (AvgIpc) is 2.99. The van der Waals surface area contributed by atoms with Gasteiger partial charge in [-0.25, -0.2) is 4.79 Å². The van der Waals surface area contributed by atoms with Gasteiger partial charge in [0.15, 0.2) is 0 Å². The number of aliphatic hydroxyl groups is 2. The van der Waals surface area contributed by atoms with Crippen molar-refractivity contribution in [3.05, 3.63) is 68.5 Å². The van der Waals surface area contributed by atoms with Gasteiger partial charge in [0, 0.05) is 12.6 Å². The van der Waals surface area contributed by atoms with Crippen molar-refractivity contribution in [2.24, 2.45) is 0 Å². The summed E-state index contributed by atoms with van der Waals surface area (Å²) in [7, 11) is 0. The molecule has 2 aromatic rings. The van der Waals surface area contributed by atoms with E-state index in [0.29, 0.717) is 20.9 Å². The van der Waals surface area contributed by atoms with Crippen LogP contribution in [-0.4, -0.2) is 38.2 Å². The fraction of sp³-hybridized carbons (Fsp3) is 0.412. The average molecular weight is 386 g/mol. The largest absolute Gasteiger partial charge is 0.423 e. The smallest absolute Gasteiger partial charge is 0.394 e. The third kappa shape index (κ3) is 3.82. The number of nitrogens with zero attached hydrogens (tertiary/aromatic N) is 2. The topological polar surface area (TPSA) is 93.7 Å². The molecule has 1 aromatic heterocycles. The monoisotopic (exact) mass is 386 g/mol. The maximum atomic E-state index is 13.3. The van der Waals surface area contributed by atoms with Gasteiger partial charge < -0.3 is 14.9 Å². The summed E-state index contributed by atoms with van der Waals surface area (Å²) in [5, 5.41) is 18.9. The molecule has 7 nitrogen and oxygen atoms in total. The number of hydrogen-bond acceptors (Lipinski definition) is 5. The molecule has 0 bridgehead atoms. The summed E-state index contributed by atoms with van der Waals surface area (Å²) in [6.45, 7) is -0.899. The lowest BCUT2D eigenvalue weighted by molar-refractivity contribution is -0.140. The highest BCUT2D eigenvalue weighted by molar-refractivity contribution is 5.17. The molecular weight excluding hydrogens is 369 g/mol. The lowest BCUT2D eigenvalue weighted by Crippen LogP contribution is -2.44. The summed E-state index contributed by atoms with van der Waals surface area (Å²) in [4.78, 5) is 25.0. The van der Waals surface area contributed by atoms with E-state index in [-0.39, 0.29) is 13.0 Å². The molecule has 0 aliphatic carbocycles. The Bertz CT molecular complexity index is 923. The van der Waals surface area contributed by atoms with Crippen LogP contribution in [0.2, 0.25) is 0 Å². The number of aromatic nitrogens is 2. The van der Waals surface area contributed by atoms with Crippen molar-refractivity contribution in [1.29, 1.82) is 0 Å². The highest BCUT2D eigenvalue weighted by Crippen LogP contribution is 2.30. The van der Waals surface area contributed by atoms with Crippen LogP contribution in [0.3, 0.4) is 0 Å². The zero-order valence-electron chi connectivity index (χ0n) is 14.0. The zero-order chi connectivity index (χ0) is 19.8. The molecule has 2 heterocycles. The summed E-state index contributed by atoms with van der Waals surface area (Å²) >= 11 is 0. The Hall–Kier alpha value is -2.43. The van der Waals surface area contributed by atoms with Gasteiger partial charge in [-0.1, -0.05) is 30.3 Å². The molecular formula is C17H17F3N2O5. The van der Waals surface area contributed by atoms with Crippen LogP contribution in [0.4, 0.5) is 13.2 Å². The van der Waals surface area contributed by atoms with Crippen molar-refractivity contribution >= 4 is 0 Å². The van der Waals surface area contributed by atoms with Gasteiger partial charge in [-0.2, -0.15) is 13.2 Å². The summed E-state index contributed by atoms with van der Waals surface area (Å²) in [6, 6.07) is 8.12. The van der Waals surface area contributed by atoms with Gasteiger partial charge in [0.1, 0.15) is 17.9 Å². The predicted octanol–water partition coefficient (Wildman–Crippen LogP) is 0.718. The van der Waals surface area contributed by atoms with E-state index in [1.54, 1.807) is 30.3 Å². The molecule has 0 saturated carbocycles. The van der Waals surface area contributed by atoms with E-state index in [4.69, 9.17) is 9.84 Å². The number of alkyl halides is 3. The fourth-order valence-corrected chi connectivity index (χ4v) is 2.98. The van der Waals surface area contributed by atoms with Gasteiger partial charge in [-0.3, -0.25) is 13.9 Å². The Labute approximate surface area is 150 Å². The Kier molecular flexibility index (Phi) is 5.22. The van der Waals surface area contributed by atoms with Crippen molar-refractivity contribution in [2.45, 2.75) is 37.6 Å². The first-order valence-corrected chi connectivity index (χ1v) is 8.14. The molecule has 1 saturated heterocycles. The quantitative estimate of drug-likeness (QED) is 0.808. The highest BCUT2D eigenvalue weighted by atomic mass is 19.4. The van der Waals surface area contributed by atoms with Gasteiger partial charge in [-0.05, 0) is 5.56 Å². The third-order valence-electron chi connectivity index (χ3n) is 4.38.